The van der Waals surface area contributed by atoms with Crippen molar-refractivity contribution >= 4 is 29.9 Å². The fourth-order valence-corrected chi connectivity index (χ4v) is 3.39. The molecule has 1 aromatic carbocycles. The van der Waals surface area contributed by atoms with Crippen LogP contribution in [0.2, 0.25) is 0 Å². The number of nitrogens with one attached hydrogen (secondary N) is 2. The van der Waals surface area contributed by atoms with Crippen LogP contribution >= 0.6 is 24.0 Å². The SMILES string of the molecule is CCNC(=NCc1ccc(CN2CCCC2)cc1)NCCc1cnn(C)c1.I. The van der Waals surface area contributed by atoms with Crippen molar-refractivity contribution in [1.82, 2.24) is 25.3 Å². The Morgan fingerprint density at radius 3 is 2.43 bits per heavy atom. The second-order valence-corrected chi connectivity index (χ2v) is 7.19. The number of nitrogens with zero attached hydrogens (tertiary/aromatic N) is 4. The molecule has 0 bridgehead atoms. The second-order valence-electron chi connectivity index (χ2n) is 7.19. The van der Waals surface area contributed by atoms with Gasteiger partial charge in [0, 0.05) is 32.9 Å². The zero-order valence-corrected chi connectivity index (χ0v) is 19.4. The first-order valence-corrected chi connectivity index (χ1v) is 10.0. The maximum atomic E-state index is 4.72. The van der Waals surface area contributed by atoms with Crippen LogP contribution in [0, 0.1) is 0 Å². The number of benzene rings is 1. The summed E-state index contributed by atoms with van der Waals surface area (Å²) in [6.45, 7) is 8.02. The van der Waals surface area contributed by atoms with Crippen LogP contribution in [-0.4, -0.2) is 46.8 Å². The molecule has 0 amide bonds. The van der Waals surface area contributed by atoms with E-state index in [0.717, 1.165) is 32.0 Å². The minimum absolute atomic E-state index is 0. The number of guanidine groups is 1. The lowest BCUT2D eigenvalue weighted by Crippen LogP contribution is -2.38. The second kappa shape index (κ2) is 12.1. The van der Waals surface area contributed by atoms with E-state index >= 15 is 0 Å². The molecule has 0 atom stereocenters. The third-order valence-corrected chi connectivity index (χ3v) is 4.86. The number of halogens is 1. The molecule has 0 aliphatic carbocycles. The Morgan fingerprint density at radius 1 is 1.07 bits per heavy atom. The van der Waals surface area contributed by atoms with E-state index in [9.17, 15) is 0 Å². The summed E-state index contributed by atoms with van der Waals surface area (Å²) >= 11 is 0. The number of rotatable bonds is 8. The standard InChI is InChI=1S/C21H32N6.HI/c1-3-22-21(23-11-10-20-15-25-26(2)16-20)24-14-18-6-8-19(9-7-18)17-27-12-4-5-13-27;/h6-9,15-16H,3-5,10-14,17H2,1-2H3,(H2,22,23,24);1H. The first-order valence-electron chi connectivity index (χ1n) is 10.0. The minimum Gasteiger partial charge on any atom is -0.357 e. The molecule has 6 nitrogen and oxygen atoms in total. The lowest BCUT2D eigenvalue weighted by atomic mass is 10.1. The fourth-order valence-electron chi connectivity index (χ4n) is 3.39. The molecule has 154 valence electrons. The summed E-state index contributed by atoms with van der Waals surface area (Å²) in [4.78, 5) is 7.25. The van der Waals surface area contributed by atoms with E-state index in [0.29, 0.717) is 6.54 Å². The Morgan fingerprint density at radius 2 is 1.79 bits per heavy atom. The van der Waals surface area contributed by atoms with Crippen molar-refractivity contribution in [2.75, 3.05) is 26.2 Å². The molecule has 1 fully saturated rings. The Hall–Kier alpha value is -1.61. The Labute approximate surface area is 185 Å². The van der Waals surface area contributed by atoms with Crippen molar-refractivity contribution in [3.8, 4) is 0 Å². The van der Waals surface area contributed by atoms with Gasteiger partial charge in [0.15, 0.2) is 5.96 Å². The predicted octanol–water partition coefficient (Wildman–Crippen LogP) is 2.93. The van der Waals surface area contributed by atoms with Crippen LogP contribution < -0.4 is 10.6 Å². The van der Waals surface area contributed by atoms with Gasteiger partial charge in [0.25, 0.3) is 0 Å². The number of hydrogen-bond acceptors (Lipinski definition) is 3. The zero-order chi connectivity index (χ0) is 18.9. The number of likely N-dealkylation sites (tertiary alicyclic amines) is 1. The van der Waals surface area contributed by atoms with Gasteiger partial charge in [0.05, 0.1) is 12.7 Å². The summed E-state index contributed by atoms with van der Waals surface area (Å²) in [5, 5.41) is 10.9. The molecule has 28 heavy (non-hydrogen) atoms. The van der Waals surface area contributed by atoms with Gasteiger partial charge < -0.3 is 10.6 Å². The molecule has 3 rings (SSSR count). The van der Waals surface area contributed by atoms with Gasteiger partial charge >= 0.3 is 0 Å². The maximum absolute atomic E-state index is 4.72. The molecule has 0 radical (unpaired) electrons. The Balaban J connectivity index is 0.00000280. The molecule has 7 heteroatoms. The summed E-state index contributed by atoms with van der Waals surface area (Å²) in [7, 11) is 1.94. The monoisotopic (exact) mass is 496 g/mol. The topological polar surface area (TPSA) is 57.5 Å². The van der Waals surface area contributed by atoms with Gasteiger partial charge in [0.2, 0.25) is 0 Å². The van der Waals surface area contributed by atoms with Gasteiger partial charge in [-0.15, -0.1) is 24.0 Å². The molecule has 1 aliphatic heterocycles. The quantitative estimate of drug-likeness (QED) is 0.335. The highest BCUT2D eigenvalue weighted by Crippen LogP contribution is 2.13. The number of hydrogen-bond donors (Lipinski definition) is 2. The molecule has 0 saturated carbocycles. The third kappa shape index (κ3) is 7.43. The van der Waals surface area contributed by atoms with Gasteiger partial charge in [-0.2, -0.15) is 5.10 Å². The highest BCUT2D eigenvalue weighted by Gasteiger charge is 2.11. The fraction of sp³-hybridized carbons (Fsp3) is 0.524. The summed E-state index contributed by atoms with van der Waals surface area (Å²) in [6, 6.07) is 8.89. The zero-order valence-electron chi connectivity index (χ0n) is 17.0. The van der Waals surface area contributed by atoms with Crippen molar-refractivity contribution in [1.29, 1.82) is 0 Å². The summed E-state index contributed by atoms with van der Waals surface area (Å²) in [5.41, 5.74) is 3.87. The smallest absolute Gasteiger partial charge is 0.191 e. The molecule has 1 saturated heterocycles. The molecule has 0 unspecified atom stereocenters. The first kappa shape index (κ1) is 22.7. The van der Waals surface area contributed by atoms with Crippen LogP contribution in [0.25, 0.3) is 0 Å². The van der Waals surface area contributed by atoms with E-state index < -0.39 is 0 Å². The van der Waals surface area contributed by atoms with E-state index in [1.807, 2.05) is 17.9 Å². The summed E-state index contributed by atoms with van der Waals surface area (Å²) in [6.07, 6.45) is 7.58. The van der Waals surface area contributed by atoms with Gasteiger partial charge in [-0.1, -0.05) is 24.3 Å². The van der Waals surface area contributed by atoms with E-state index in [1.165, 1.54) is 42.6 Å². The number of aliphatic imine (C=N–C) groups is 1. The van der Waals surface area contributed by atoms with Crippen LogP contribution in [-0.2, 0) is 26.6 Å². The van der Waals surface area contributed by atoms with Crippen LogP contribution in [0.3, 0.4) is 0 Å². The lowest BCUT2D eigenvalue weighted by Gasteiger charge is -2.14. The third-order valence-electron chi connectivity index (χ3n) is 4.86. The molecular weight excluding hydrogens is 463 g/mol. The van der Waals surface area contributed by atoms with Crippen LogP contribution in [0.5, 0.6) is 0 Å². The Kier molecular flexibility index (Phi) is 9.77. The average Bonchev–Trinajstić information content (AvgIpc) is 3.33. The van der Waals surface area contributed by atoms with Crippen molar-refractivity contribution in [3.05, 3.63) is 53.3 Å². The highest BCUT2D eigenvalue weighted by molar-refractivity contribution is 14.0. The van der Waals surface area contributed by atoms with Crippen molar-refractivity contribution in [2.24, 2.45) is 12.0 Å². The molecule has 2 aromatic rings. The van der Waals surface area contributed by atoms with E-state index in [-0.39, 0.29) is 24.0 Å². The van der Waals surface area contributed by atoms with Crippen LogP contribution in [0.4, 0.5) is 0 Å². The number of aryl methyl sites for hydroxylation is 1. The molecule has 2 N–H and O–H groups in total. The molecule has 1 aromatic heterocycles. The minimum atomic E-state index is 0. The van der Waals surface area contributed by atoms with Crippen molar-refractivity contribution in [2.45, 2.75) is 39.3 Å². The average molecular weight is 496 g/mol. The van der Waals surface area contributed by atoms with Crippen LogP contribution in [0.15, 0.2) is 41.7 Å². The predicted molar refractivity (Wildman–Crippen MR) is 126 cm³/mol. The molecule has 1 aliphatic rings. The van der Waals surface area contributed by atoms with E-state index in [4.69, 9.17) is 4.99 Å². The molecule has 2 heterocycles. The van der Waals surface area contributed by atoms with Gasteiger partial charge in [0.1, 0.15) is 0 Å². The van der Waals surface area contributed by atoms with Gasteiger partial charge in [-0.05, 0) is 56.0 Å². The van der Waals surface area contributed by atoms with Crippen LogP contribution in [0.1, 0.15) is 36.5 Å². The van der Waals surface area contributed by atoms with E-state index in [2.05, 4.69) is 58.0 Å². The summed E-state index contributed by atoms with van der Waals surface area (Å²) < 4.78 is 1.84. The first-order chi connectivity index (χ1) is 13.2. The number of aromatic nitrogens is 2. The lowest BCUT2D eigenvalue weighted by molar-refractivity contribution is 0.331. The summed E-state index contributed by atoms with van der Waals surface area (Å²) in [5.74, 6) is 0.863. The van der Waals surface area contributed by atoms with Gasteiger partial charge in [-0.25, -0.2) is 4.99 Å². The van der Waals surface area contributed by atoms with Crippen molar-refractivity contribution in [3.63, 3.8) is 0 Å². The molecular formula is C21H33IN6. The van der Waals surface area contributed by atoms with E-state index in [1.54, 1.807) is 0 Å². The molecule has 0 spiro atoms. The highest BCUT2D eigenvalue weighted by atomic mass is 127. The van der Waals surface area contributed by atoms with Crippen molar-refractivity contribution < 1.29 is 0 Å². The Bertz CT molecular complexity index is 719. The largest absolute Gasteiger partial charge is 0.357 e. The van der Waals surface area contributed by atoms with Gasteiger partial charge in [-0.3, -0.25) is 9.58 Å². The maximum Gasteiger partial charge on any atom is 0.191 e. The normalized spacial score (nSPS) is 14.7.